The van der Waals surface area contributed by atoms with Gasteiger partial charge in [0.2, 0.25) is 0 Å². The Labute approximate surface area is 103 Å². The van der Waals surface area contributed by atoms with Crippen LogP contribution in [-0.4, -0.2) is 20.3 Å². The summed E-state index contributed by atoms with van der Waals surface area (Å²) in [6.45, 7) is 1.66. The summed E-state index contributed by atoms with van der Waals surface area (Å²) in [5.41, 5.74) is 6.58. The second kappa shape index (κ2) is 4.93. The highest BCUT2D eigenvalue weighted by atomic mass is 79.9. The Morgan fingerprint density at radius 3 is 2.88 bits per heavy atom. The van der Waals surface area contributed by atoms with Crippen LogP contribution in [0.3, 0.4) is 0 Å². The minimum atomic E-state index is 0.355. The van der Waals surface area contributed by atoms with E-state index in [2.05, 4.69) is 15.9 Å². The van der Waals surface area contributed by atoms with Crippen LogP contribution in [0.15, 0.2) is 10.5 Å². The van der Waals surface area contributed by atoms with Gasteiger partial charge in [0.05, 0.1) is 30.4 Å². The smallest absolute Gasteiger partial charge is 0.169 e. The van der Waals surface area contributed by atoms with E-state index >= 15 is 0 Å². The van der Waals surface area contributed by atoms with Gasteiger partial charge in [-0.3, -0.25) is 0 Å². The average Bonchev–Trinajstić information content (AvgIpc) is 2.52. The molecule has 0 radical (unpaired) electrons. The van der Waals surface area contributed by atoms with Crippen molar-refractivity contribution in [2.24, 2.45) is 5.73 Å². The topological polar surface area (TPSA) is 53.7 Å². The first-order valence-electron chi connectivity index (χ1n) is 5.13. The summed E-state index contributed by atoms with van der Waals surface area (Å²) in [6, 6.07) is 1.86. The van der Waals surface area contributed by atoms with E-state index in [-0.39, 0.29) is 0 Å². The Kier molecular flexibility index (Phi) is 3.56. The summed E-state index contributed by atoms with van der Waals surface area (Å²) >= 11 is 3.44. The molecular formula is C11H14BrNO3. The van der Waals surface area contributed by atoms with Crippen molar-refractivity contribution >= 4 is 15.9 Å². The summed E-state index contributed by atoms with van der Waals surface area (Å²) in [6.07, 6.45) is 0.874. The fraction of sp³-hybridized carbons (Fsp3) is 0.455. The summed E-state index contributed by atoms with van der Waals surface area (Å²) in [5, 5.41) is 0. The van der Waals surface area contributed by atoms with Crippen LogP contribution in [0.2, 0.25) is 0 Å². The molecule has 0 saturated heterocycles. The van der Waals surface area contributed by atoms with E-state index in [1.165, 1.54) is 0 Å². The number of rotatable bonds is 2. The minimum Gasteiger partial charge on any atom is -0.495 e. The van der Waals surface area contributed by atoms with Crippen molar-refractivity contribution in [3.63, 3.8) is 0 Å². The second-order valence-electron chi connectivity index (χ2n) is 3.45. The van der Waals surface area contributed by atoms with Gasteiger partial charge in [-0.25, -0.2) is 0 Å². The van der Waals surface area contributed by atoms with Crippen molar-refractivity contribution in [3.8, 4) is 17.2 Å². The zero-order valence-electron chi connectivity index (χ0n) is 9.09. The van der Waals surface area contributed by atoms with Crippen molar-refractivity contribution in [3.05, 3.63) is 16.1 Å². The van der Waals surface area contributed by atoms with Gasteiger partial charge in [-0.05, 0) is 15.9 Å². The number of ether oxygens (including phenoxy) is 3. The normalized spacial score (nSPS) is 14.4. The van der Waals surface area contributed by atoms with Crippen molar-refractivity contribution in [2.45, 2.75) is 13.0 Å². The van der Waals surface area contributed by atoms with E-state index in [1.54, 1.807) is 7.11 Å². The first kappa shape index (κ1) is 11.5. The maximum atomic E-state index is 5.73. The monoisotopic (exact) mass is 287 g/mol. The number of methoxy groups -OCH3 is 1. The van der Waals surface area contributed by atoms with Gasteiger partial charge in [-0.2, -0.15) is 0 Å². The highest BCUT2D eigenvalue weighted by Gasteiger charge is 2.20. The average molecular weight is 288 g/mol. The molecule has 2 N–H and O–H groups in total. The maximum Gasteiger partial charge on any atom is 0.169 e. The SMILES string of the molecule is COc1c(Br)cc2c(c1CN)OCCCO2. The Hall–Kier alpha value is -0.940. The third-order valence-corrected chi connectivity index (χ3v) is 3.04. The van der Waals surface area contributed by atoms with E-state index < -0.39 is 0 Å². The Balaban J connectivity index is 2.56. The lowest BCUT2D eigenvalue weighted by Crippen LogP contribution is -2.05. The van der Waals surface area contributed by atoms with Crippen molar-refractivity contribution < 1.29 is 14.2 Å². The molecule has 0 aliphatic carbocycles. The molecule has 1 aromatic carbocycles. The summed E-state index contributed by atoms with van der Waals surface area (Å²) < 4.78 is 17.4. The molecule has 5 heteroatoms. The molecule has 0 saturated carbocycles. The lowest BCUT2D eigenvalue weighted by atomic mass is 10.1. The quantitative estimate of drug-likeness (QED) is 0.905. The molecule has 1 aliphatic rings. The largest absolute Gasteiger partial charge is 0.495 e. The van der Waals surface area contributed by atoms with Gasteiger partial charge < -0.3 is 19.9 Å². The summed E-state index contributed by atoms with van der Waals surface area (Å²) in [7, 11) is 1.61. The molecule has 0 amide bonds. The van der Waals surface area contributed by atoms with Crippen molar-refractivity contribution in [1.29, 1.82) is 0 Å². The minimum absolute atomic E-state index is 0.355. The van der Waals surface area contributed by atoms with Crippen LogP contribution in [0.1, 0.15) is 12.0 Å². The van der Waals surface area contributed by atoms with E-state index in [1.807, 2.05) is 6.07 Å². The molecule has 88 valence electrons. The van der Waals surface area contributed by atoms with E-state index in [0.717, 1.165) is 22.2 Å². The van der Waals surface area contributed by atoms with Crippen LogP contribution < -0.4 is 19.9 Å². The molecule has 0 unspecified atom stereocenters. The van der Waals surface area contributed by atoms with E-state index in [0.29, 0.717) is 31.3 Å². The van der Waals surface area contributed by atoms with Crippen LogP contribution in [0.5, 0.6) is 17.2 Å². The number of nitrogens with two attached hydrogens (primary N) is 1. The Bertz CT molecular complexity index is 395. The van der Waals surface area contributed by atoms with Gasteiger partial charge in [0.1, 0.15) is 5.75 Å². The van der Waals surface area contributed by atoms with Gasteiger partial charge in [0.25, 0.3) is 0 Å². The zero-order chi connectivity index (χ0) is 11.5. The van der Waals surface area contributed by atoms with Gasteiger partial charge in [0, 0.05) is 19.0 Å². The van der Waals surface area contributed by atoms with E-state index in [9.17, 15) is 0 Å². The van der Waals surface area contributed by atoms with Crippen molar-refractivity contribution in [2.75, 3.05) is 20.3 Å². The predicted octanol–water partition coefficient (Wildman–Crippen LogP) is 2.08. The number of hydrogen-bond acceptors (Lipinski definition) is 4. The van der Waals surface area contributed by atoms with E-state index in [4.69, 9.17) is 19.9 Å². The lowest BCUT2D eigenvalue weighted by molar-refractivity contribution is 0.295. The molecule has 0 fully saturated rings. The number of halogens is 1. The molecular weight excluding hydrogens is 274 g/mol. The van der Waals surface area contributed by atoms with Crippen molar-refractivity contribution in [1.82, 2.24) is 0 Å². The second-order valence-corrected chi connectivity index (χ2v) is 4.31. The Morgan fingerprint density at radius 1 is 1.44 bits per heavy atom. The molecule has 1 heterocycles. The third kappa shape index (κ3) is 1.97. The third-order valence-electron chi connectivity index (χ3n) is 2.45. The highest BCUT2D eigenvalue weighted by Crippen LogP contribution is 2.43. The fourth-order valence-corrected chi connectivity index (χ4v) is 2.34. The number of hydrogen-bond donors (Lipinski definition) is 1. The van der Waals surface area contributed by atoms with Gasteiger partial charge in [-0.1, -0.05) is 0 Å². The van der Waals surface area contributed by atoms with Crippen LogP contribution in [0.4, 0.5) is 0 Å². The molecule has 4 nitrogen and oxygen atoms in total. The molecule has 2 rings (SSSR count). The predicted molar refractivity (Wildman–Crippen MR) is 64.2 cm³/mol. The molecule has 0 bridgehead atoms. The number of benzene rings is 1. The molecule has 1 aliphatic heterocycles. The molecule has 1 aromatic rings. The summed E-state index contributed by atoms with van der Waals surface area (Å²) in [5.74, 6) is 2.15. The fourth-order valence-electron chi connectivity index (χ4n) is 1.73. The zero-order valence-corrected chi connectivity index (χ0v) is 10.7. The first-order chi connectivity index (χ1) is 7.77. The van der Waals surface area contributed by atoms with Gasteiger partial charge >= 0.3 is 0 Å². The Morgan fingerprint density at radius 2 is 2.19 bits per heavy atom. The molecule has 0 spiro atoms. The van der Waals surface area contributed by atoms with Gasteiger partial charge in [-0.15, -0.1) is 0 Å². The van der Waals surface area contributed by atoms with Crippen LogP contribution in [-0.2, 0) is 6.54 Å². The number of fused-ring (bicyclic) bond motifs is 1. The molecule has 0 aromatic heterocycles. The van der Waals surface area contributed by atoms with Gasteiger partial charge in [0.15, 0.2) is 11.5 Å². The summed E-state index contributed by atoms with van der Waals surface area (Å²) in [4.78, 5) is 0. The molecule has 16 heavy (non-hydrogen) atoms. The molecule has 0 atom stereocenters. The maximum absolute atomic E-state index is 5.73. The van der Waals surface area contributed by atoms with Crippen LogP contribution in [0, 0.1) is 0 Å². The lowest BCUT2D eigenvalue weighted by Gasteiger charge is -2.16. The first-order valence-corrected chi connectivity index (χ1v) is 5.92. The highest BCUT2D eigenvalue weighted by molar-refractivity contribution is 9.10. The van der Waals surface area contributed by atoms with Crippen LogP contribution in [0.25, 0.3) is 0 Å². The van der Waals surface area contributed by atoms with Crippen LogP contribution >= 0.6 is 15.9 Å². The standard InChI is InChI=1S/C11H14BrNO3/c1-14-10-7(6-13)11-9(5-8(10)12)15-3-2-4-16-11/h5H,2-4,6,13H2,1H3.